The lowest BCUT2D eigenvalue weighted by Gasteiger charge is -2.40. The van der Waals surface area contributed by atoms with Crippen LogP contribution in [0.15, 0.2) is 115 Å². The lowest BCUT2D eigenvalue weighted by molar-refractivity contribution is -0.146. The topological polar surface area (TPSA) is 128 Å². The molecule has 4 aromatic carbocycles. The Morgan fingerprint density at radius 1 is 0.800 bits per heavy atom. The average molecular weight is 781 g/mol. The summed E-state index contributed by atoms with van der Waals surface area (Å²) in [5.74, 6) is -1.08. The predicted octanol–water partition coefficient (Wildman–Crippen LogP) is 6.11. The monoisotopic (exact) mass is 780 g/mol. The lowest BCUT2D eigenvalue weighted by atomic mass is 9.84. The first-order valence-corrected chi connectivity index (χ1v) is 21.1. The number of nitrogens with one attached hydrogen (secondary N) is 3. The summed E-state index contributed by atoms with van der Waals surface area (Å²) in [5, 5.41) is 19.2. The molecule has 0 saturated carbocycles. The Morgan fingerprint density at radius 2 is 1.33 bits per heavy atom. The van der Waals surface area contributed by atoms with Crippen LogP contribution in [-0.4, -0.2) is 82.2 Å². The van der Waals surface area contributed by atoms with Gasteiger partial charge in [0.2, 0.25) is 17.7 Å². The molecule has 5 rings (SSSR count). The van der Waals surface area contributed by atoms with Gasteiger partial charge in [-0.2, -0.15) is 11.8 Å². The van der Waals surface area contributed by atoms with Gasteiger partial charge in [-0.1, -0.05) is 129 Å². The molecular formula is C44H52N4O5S2. The number of thioether (sulfide) groups is 2. The van der Waals surface area contributed by atoms with Crippen LogP contribution in [0.25, 0.3) is 0 Å². The van der Waals surface area contributed by atoms with Crippen LogP contribution < -0.4 is 16.0 Å². The van der Waals surface area contributed by atoms with Crippen molar-refractivity contribution in [2.75, 3.05) is 24.3 Å². The number of carbonyl (C=O) groups is 4. The van der Waals surface area contributed by atoms with Gasteiger partial charge in [0.1, 0.15) is 12.1 Å². The van der Waals surface area contributed by atoms with E-state index in [0.717, 1.165) is 27.8 Å². The molecule has 0 saturated heterocycles. The number of fused-ring (bicyclic) bond motifs is 1. The second-order valence-corrected chi connectivity index (χ2v) is 16.5. The van der Waals surface area contributed by atoms with E-state index in [2.05, 4.69) is 52.3 Å². The van der Waals surface area contributed by atoms with Crippen LogP contribution in [0.4, 0.5) is 0 Å². The van der Waals surface area contributed by atoms with Crippen LogP contribution in [0.1, 0.15) is 55.0 Å². The minimum atomic E-state index is -1.10. The maximum atomic E-state index is 14.6. The van der Waals surface area contributed by atoms with E-state index in [4.69, 9.17) is 0 Å². The van der Waals surface area contributed by atoms with E-state index in [1.807, 2.05) is 99.0 Å². The van der Waals surface area contributed by atoms with E-state index >= 15 is 0 Å². The van der Waals surface area contributed by atoms with Crippen molar-refractivity contribution in [1.29, 1.82) is 0 Å². The van der Waals surface area contributed by atoms with Gasteiger partial charge in [-0.25, -0.2) is 4.79 Å². The third kappa shape index (κ3) is 10.4. The number of rotatable bonds is 18. The molecule has 3 amide bonds. The van der Waals surface area contributed by atoms with Gasteiger partial charge in [0.05, 0.1) is 16.8 Å². The van der Waals surface area contributed by atoms with E-state index in [9.17, 15) is 24.3 Å². The van der Waals surface area contributed by atoms with Crippen LogP contribution in [0.5, 0.6) is 0 Å². The van der Waals surface area contributed by atoms with Gasteiger partial charge in [-0.05, 0) is 52.2 Å². The van der Waals surface area contributed by atoms with Gasteiger partial charge >= 0.3 is 5.97 Å². The van der Waals surface area contributed by atoms with E-state index in [-0.39, 0.29) is 43.2 Å². The first-order valence-electron chi connectivity index (χ1n) is 18.8. The van der Waals surface area contributed by atoms with Crippen molar-refractivity contribution in [2.24, 2.45) is 5.92 Å². The quantitative estimate of drug-likeness (QED) is 0.0893. The Bertz CT molecular complexity index is 1780. The Hall–Kier alpha value is -4.58. The summed E-state index contributed by atoms with van der Waals surface area (Å²) in [6.45, 7) is 5.93. The molecule has 0 aromatic heterocycles. The van der Waals surface area contributed by atoms with Crippen LogP contribution >= 0.6 is 23.5 Å². The molecule has 4 atom stereocenters. The third-order valence-electron chi connectivity index (χ3n) is 10.0. The highest BCUT2D eigenvalue weighted by Gasteiger charge is 2.41. The van der Waals surface area contributed by atoms with Gasteiger partial charge in [-0.15, -0.1) is 11.8 Å². The van der Waals surface area contributed by atoms with Crippen LogP contribution in [0, 0.1) is 5.92 Å². The molecule has 0 fully saturated rings. The van der Waals surface area contributed by atoms with Crippen molar-refractivity contribution in [3.05, 3.63) is 143 Å². The molecule has 4 aromatic rings. The maximum Gasteiger partial charge on any atom is 0.326 e. The summed E-state index contributed by atoms with van der Waals surface area (Å²) in [6, 6.07) is 35.8. The highest BCUT2D eigenvalue weighted by molar-refractivity contribution is 8.00. The van der Waals surface area contributed by atoms with E-state index < -0.39 is 34.7 Å². The number of hydrogen-bond donors (Lipinski definition) is 4. The Morgan fingerprint density at radius 3 is 1.82 bits per heavy atom. The standard InChI is InChI=1S/C44H52N4O5S2/c1-30(2)40(42(51)48-28-33-17-15-14-16-32(33)26-39(48)41(50)47-38(43(52)53)24-25-54-4)45-27-37(46-31(3)49)29-55-44(34-18-8-5-9-19-34,35-20-10-6-11-21-35)36-22-12-7-13-23-36/h5-23,30,37-40,45H,24-29H2,1-4H3,(H,46,49)(H,47,50)(H,52,53)/t37?,38?,39?,40-/m0/s1. The smallest absolute Gasteiger partial charge is 0.326 e. The van der Waals surface area contributed by atoms with Crippen LogP contribution in [0.2, 0.25) is 0 Å². The SMILES string of the molecule is CSCCC(NC(=O)C1Cc2ccccc2CN1C(=O)[C@@H](NCC(CSC(c1ccccc1)(c1ccccc1)c1ccccc1)NC(C)=O)C(C)C)C(=O)O. The molecule has 3 unspecified atom stereocenters. The number of carbonyl (C=O) groups excluding carboxylic acids is 3. The molecule has 0 radical (unpaired) electrons. The van der Waals surface area contributed by atoms with Gasteiger partial charge < -0.3 is 26.0 Å². The van der Waals surface area contributed by atoms with Crippen LogP contribution in [0.3, 0.4) is 0 Å². The molecule has 0 aliphatic carbocycles. The van der Waals surface area contributed by atoms with Crippen molar-refractivity contribution in [2.45, 2.75) is 69.1 Å². The second-order valence-electron chi connectivity index (χ2n) is 14.3. The van der Waals surface area contributed by atoms with Crippen LogP contribution in [-0.2, 0) is 36.9 Å². The summed E-state index contributed by atoms with van der Waals surface area (Å²) in [7, 11) is 0. The van der Waals surface area contributed by atoms with Crippen molar-refractivity contribution in [3.63, 3.8) is 0 Å². The number of nitrogens with zero attached hydrogens (tertiary/aromatic N) is 1. The molecule has 1 aliphatic heterocycles. The van der Waals surface area contributed by atoms with Crippen molar-refractivity contribution >= 4 is 47.2 Å². The lowest BCUT2D eigenvalue weighted by Crippen LogP contribution is -2.60. The minimum Gasteiger partial charge on any atom is -0.480 e. The van der Waals surface area contributed by atoms with E-state index in [1.54, 1.807) is 16.7 Å². The zero-order valence-electron chi connectivity index (χ0n) is 31.9. The highest BCUT2D eigenvalue weighted by atomic mass is 32.2. The largest absolute Gasteiger partial charge is 0.480 e. The number of benzene rings is 4. The molecule has 0 bridgehead atoms. The van der Waals surface area contributed by atoms with E-state index in [1.165, 1.54) is 18.7 Å². The highest BCUT2D eigenvalue weighted by Crippen LogP contribution is 2.48. The summed E-state index contributed by atoms with van der Waals surface area (Å²) >= 11 is 3.24. The predicted molar refractivity (Wildman–Crippen MR) is 223 cm³/mol. The van der Waals surface area contributed by atoms with Gasteiger partial charge in [-0.3, -0.25) is 14.4 Å². The zero-order valence-corrected chi connectivity index (χ0v) is 33.6. The normalized spacial score (nSPS) is 15.7. The number of hydrogen-bond acceptors (Lipinski definition) is 7. The summed E-state index contributed by atoms with van der Waals surface area (Å²) < 4.78 is -0.598. The fourth-order valence-electron chi connectivity index (χ4n) is 7.24. The fraction of sp³-hybridized carbons (Fsp3) is 0.364. The Labute approximate surface area is 333 Å². The summed E-state index contributed by atoms with van der Waals surface area (Å²) in [5.41, 5.74) is 5.23. The summed E-state index contributed by atoms with van der Waals surface area (Å²) in [6.07, 6.45) is 2.44. The number of amides is 3. The van der Waals surface area contributed by atoms with E-state index in [0.29, 0.717) is 18.1 Å². The Kier molecular flexibility index (Phi) is 15.0. The van der Waals surface area contributed by atoms with Crippen molar-refractivity contribution in [1.82, 2.24) is 20.9 Å². The third-order valence-corrected chi connectivity index (χ3v) is 12.4. The second kappa shape index (κ2) is 19.8. The number of aliphatic carboxylic acids is 1. The van der Waals surface area contributed by atoms with Gasteiger partial charge in [0, 0.05) is 32.2 Å². The molecular weight excluding hydrogens is 729 g/mol. The summed E-state index contributed by atoms with van der Waals surface area (Å²) in [4.78, 5) is 54.8. The molecule has 9 nitrogen and oxygen atoms in total. The molecule has 0 spiro atoms. The average Bonchev–Trinajstić information content (AvgIpc) is 3.19. The number of carboxylic acids is 1. The number of carboxylic acid groups (broad SMARTS) is 1. The van der Waals surface area contributed by atoms with Crippen molar-refractivity contribution in [3.8, 4) is 0 Å². The van der Waals surface area contributed by atoms with Crippen molar-refractivity contribution < 1.29 is 24.3 Å². The van der Waals surface area contributed by atoms with Gasteiger partial charge in [0.15, 0.2) is 0 Å². The fourth-order valence-corrected chi connectivity index (χ4v) is 9.27. The zero-order chi connectivity index (χ0) is 39.4. The first kappa shape index (κ1) is 41.6. The Balaban J connectivity index is 1.41. The molecule has 1 heterocycles. The van der Waals surface area contributed by atoms with Gasteiger partial charge in [0.25, 0.3) is 0 Å². The molecule has 290 valence electrons. The maximum absolute atomic E-state index is 14.6. The molecule has 1 aliphatic rings. The minimum absolute atomic E-state index is 0.163. The molecule has 11 heteroatoms. The first-order chi connectivity index (χ1) is 26.5. The molecule has 55 heavy (non-hydrogen) atoms. The molecule has 4 N–H and O–H groups in total.